The van der Waals surface area contributed by atoms with Crippen LogP contribution in [0.2, 0.25) is 5.02 Å². The van der Waals surface area contributed by atoms with Crippen molar-refractivity contribution in [3.8, 4) is 11.4 Å². The maximum absolute atomic E-state index is 13.1. The molecule has 0 aliphatic rings. The number of benzene rings is 2. The largest absolute Gasteiger partial charge is 0.339 e. The first-order valence-corrected chi connectivity index (χ1v) is 7.62. The Kier molecular flexibility index (Phi) is 4.86. The maximum atomic E-state index is 13.1. The lowest BCUT2D eigenvalue weighted by atomic mass is 10.2. The van der Waals surface area contributed by atoms with Gasteiger partial charge in [-0.3, -0.25) is 4.79 Å². The summed E-state index contributed by atoms with van der Waals surface area (Å²) in [7, 11) is 0. The SMILES string of the molecule is O=C(CCc1nc(-c2ccccc2)no1)Nc1ccc(F)c(Cl)c1. The molecule has 1 heterocycles. The Morgan fingerprint density at radius 1 is 1.21 bits per heavy atom. The summed E-state index contributed by atoms with van der Waals surface area (Å²) in [5.74, 6) is 0.0727. The van der Waals surface area contributed by atoms with E-state index < -0.39 is 5.82 Å². The zero-order chi connectivity index (χ0) is 16.9. The van der Waals surface area contributed by atoms with E-state index in [1.54, 1.807) is 0 Å². The third-order valence-electron chi connectivity index (χ3n) is 3.27. The van der Waals surface area contributed by atoms with Gasteiger partial charge < -0.3 is 9.84 Å². The molecule has 0 aliphatic carbocycles. The molecule has 0 unspecified atom stereocenters. The van der Waals surface area contributed by atoms with Gasteiger partial charge in [0.1, 0.15) is 5.82 Å². The molecule has 24 heavy (non-hydrogen) atoms. The van der Waals surface area contributed by atoms with Crippen LogP contribution in [-0.2, 0) is 11.2 Å². The molecule has 5 nitrogen and oxygen atoms in total. The minimum Gasteiger partial charge on any atom is -0.339 e. The van der Waals surface area contributed by atoms with Gasteiger partial charge in [0.25, 0.3) is 0 Å². The number of hydrogen-bond donors (Lipinski definition) is 1. The van der Waals surface area contributed by atoms with Crippen LogP contribution in [0.5, 0.6) is 0 Å². The molecule has 0 saturated heterocycles. The summed E-state index contributed by atoms with van der Waals surface area (Å²) in [6, 6.07) is 13.4. The molecule has 1 N–H and O–H groups in total. The molecule has 0 spiro atoms. The summed E-state index contributed by atoms with van der Waals surface area (Å²) in [6.07, 6.45) is 0.464. The van der Waals surface area contributed by atoms with Crippen molar-refractivity contribution in [2.45, 2.75) is 12.8 Å². The molecule has 1 amide bonds. The quantitative estimate of drug-likeness (QED) is 0.756. The lowest BCUT2D eigenvalue weighted by molar-refractivity contribution is -0.116. The molecule has 0 fully saturated rings. The average Bonchev–Trinajstić information content (AvgIpc) is 3.06. The third-order valence-corrected chi connectivity index (χ3v) is 3.56. The highest BCUT2D eigenvalue weighted by Gasteiger charge is 2.11. The van der Waals surface area contributed by atoms with E-state index in [-0.39, 0.29) is 17.4 Å². The van der Waals surface area contributed by atoms with Gasteiger partial charge in [0, 0.05) is 24.1 Å². The highest BCUT2D eigenvalue weighted by molar-refractivity contribution is 6.31. The lowest BCUT2D eigenvalue weighted by Gasteiger charge is -2.04. The zero-order valence-corrected chi connectivity index (χ0v) is 13.3. The number of amides is 1. The topological polar surface area (TPSA) is 68.0 Å². The van der Waals surface area contributed by atoms with Crippen molar-refractivity contribution >= 4 is 23.2 Å². The zero-order valence-electron chi connectivity index (χ0n) is 12.5. The fourth-order valence-corrected chi connectivity index (χ4v) is 2.26. The van der Waals surface area contributed by atoms with Crippen molar-refractivity contribution in [1.82, 2.24) is 10.1 Å². The van der Waals surface area contributed by atoms with E-state index in [0.29, 0.717) is 23.8 Å². The van der Waals surface area contributed by atoms with E-state index in [0.717, 1.165) is 5.56 Å². The molecular weight excluding hydrogens is 333 g/mol. The second-order valence-corrected chi connectivity index (χ2v) is 5.46. The number of aryl methyl sites for hydroxylation is 1. The van der Waals surface area contributed by atoms with Crippen molar-refractivity contribution in [3.63, 3.8) is 0 Å². The monoisotopic (exact) mass is 345 g/mol. The summed E-state index contributed by atoms with van der Waals surface area (Å²) in [4.78, 5) is 16.2. The van der Waals surface area contributed by atoms with Crippen molar-refractivity contribution in [3.05, 3.63) is 65.3 Å². The number of rotatable bonds is 5. The third kappa shape index (κ3) is 3.97. The van der Waals surface area contributed by atoms with Gasteiger partial charge >= 0.3 is 0 Å². The van der Waals surface area contributed by atoms with Crippen LogP contribution in [0.1, 0.15) is 12.3 Å². The minimum absolute atomic E-state index is 0.0443. The van der Waals surface area contributed by atoms with Gasteiger partial charge in [-0.05, 0) is 18.2 Å². The molecule has 0 bridgehead atoms. The Balaban J connectivity index is 1.56. The first kappa shape index (κ1) is 16.1. The Labute approximate surface area is 142 Å². The predicted molar refractivity (Wildman–Crippen MR) is 88.1 cm³/mol. The molecule has 3 rings (SSSR count). The van der Waals surface area contributed by atoms with Gasteiger partial charge in [-0.15, -0.1) is 0 Å². The van der Waals surface area contributed by atoms with Gasteiger partial charge in [-0.2, -0.15) is 4.98 Å². The van der Waals surface area contributed by atoms with Crippen molar-refractivity contribution < 1.29 is 13.7 Å². The van der Waals surface area contributed by atoms with Crippen LogP contribution in [0.4, 0.5) is 10.1 Å². The number of carbonyl (C=O) groups is 1. The van der Waals surface area contributed by atoms with Gasteiger partial charge in [0.05, 0.1) is 5.02 Å². The molecule has 7 heteroatoms. The van der Waals surface area contributed by atoms with Crippen LogP contribution in [0, 0.1) is 5.82 Å². The number of anilines is 1. The fourth-order valence-electron chi connectivity index (χ4n) is 2.08. The van der Waals surface area contributed by atoms with E-state index in [9.17, 15) is 9.18 Å². The van der Waals surface area contributed by atoms with Crippen LogP contribution < -0.4 is 5.32 Å². The number of nitrogens with zero attached hydrogens (tertiary/aromatic N) is 2. The number of nitrogens with one attached hydrogen (secondary N) is 1. The van der Waals surface area contributed by atoms with E-state index in [1.807, 2.05) is 30.3 Å². The van der Waals surface area contributed by atoms with Crippen LogP contribution in [-0.4, -0.2) is 16.0 Å². The molecule has 1 aromatic heterocycles. The molecule has 0 atom stereocenters. The smallest absolute Gasteiger partial charge is 0.227 e. The van der Waals surface area contributed by atoms with Crippen LogP contribution in [0.3, 0.4) is 0 Å². The fraction of sp³-hybridized carbons (Fsp3) is 0.118. The van der Waals surface area contributed by atoms with Crippen molar-refractivity contribution in [2.24, 2.45) is 0 Å². The molecule has 122 valence electrons. The number of aromatic nitrogens is 2. The summed E-state index contributed by atoms with van der Waals surface area (Å²) in [5.41, 5.74) is 1.28. The lowest BCUT2D eigenvalue weighted by Crippen LogP contribution is -2.12. The van der Waals surface area contributed by atoms with E-state index >= 15 is 0 Å². The minimum atomic E-state index is -0.533. The number of hydrogen-bond acceptors (Lipinski definition) is 4. The van der Waals surface area contributed by atoms with E-state index in [4.69, 9.17) is 16.1 Å². The highest BCUT2D eigenvalue weighted by Crippen LogP contribution is 2.20. The second-order valence-electron chi connectivity index (χ2n) is 5.05. The molecular formula is C17H13ClFN3O2. The Bertz CT molecular complexity index is 852. The Morgan fingerprint density at radius 3 is 2.75 bits per heavy atom. The van der Waals surface area contributed by atoms with Gasteiger partial charge in [0.15, 0.2) is 0 Å². The van der Waals surface area contributed by atoms with Gasteiger partial charge in [0.2, 0.25) is 17.6 Å². The summed E-state index contributed by atoms with van der Waals surface area (Å²) in [6.45, 7) is 0. The maximum Gasteiger partial charge on any atom is 0.227 e. The Morgan fingerprint density at radius 2 is 2.00 bits per heavy atom. The number of carbonyl (C=O) groups excluding carboxylic acids is 1. The second kappa shape index (κ2) is 7.23. The first-order valence-electron chi connectivity index (χ1n) is 7.25. The standard InChI is InChI=1S/C17H13ClFN3O2/c18-13-10-12(6-7-14(13)19)20-15(23)8-9-16-21-17(22-24-16)11-4-2-1-3-5-11/h1-7,10H,8-9H2,(H,20,23). The van der Waals surface area contributed by atoms with Crippen LogP contribution in [0.15, 0.2) is 53.1 Å². The van der Waals surface area contributed by atoms with E-state index in [1.165, 1.54) is 18.2 Å². The average molecular weight is 346 g/mol. The molecule has 2 aromatic carbocycles. The molecule has 3 aromatic rings. The first-order chi connectivity index (χ1) is 11.6. The highest BCUT2D eigenvalue weighted by atomic mass is 35.5. The van der Waals surface area contributed by atoms with Gasteiger partial charge in [-0.1, -0.05) is 47.1 Å². The van der Waals surface area contributed by atoms with Crippen LogP contribution >= 0.6 is 11.6 Å². The van der Waals surface area contributed by atoms with Crippen LogP contribution in [0.25, 0.3) is 11.4 Å². The van der Waals surface area contributed by atoms with Gasteiger partial charge in [-0.25, -0.2) is 4.39 Å². The van der Waals surface area contributed by atoms with Crippen molar-refractivity contribution in [2.75, 3.05) is 5.32 Å². The molecule has 0 aliphatic heterocycles. The predicted octanol–water partition coefficient (Wildman–Crippen LogP) is 4.10. The molecule has 0 radical (unpaired) electrons. The number of halogens is 2. The molecule has 0 saturated carbocycles. The summed E-state index contributed by atoms with van der Waals surface area (Å²) in [5, 5.41) is 6.49. The van der Waals surface area contributed by atoms with Crippen molar-refractivity contribution in [1.29, 1.82) is 0 Å². The summed E-state index contributed by atoms with van der Waals surface area (Å²) >= 11 is 5.67. The Hall–Kier alpha value is -2.73. The summed E-state index contributed by atoms with van der Waals surface area (Å²) < 4.78 is 18.2. The van der Waals surface area contributed by atoms with E-state index in [2.05, 4.69) is 15.5 Å². The normalized spacial score (nSPS) is 10.6.